The van der Waals surface area contributed by atoms with Crippen LogP contribution in [0, 0.1) is 3.57 Å². The van der Waals surface area contributed by atoms with Gasteiger partial charge in [-0.1, -0.05) is 36.0 Å². The van der Waals surface area contributed by atoms with E-state index in [0.29, 0.717) is 10.7 Å². The number of amidine groups is 1. The van der Waals surface area contributed by atoms with Gasteiger partial charge in [0.15, 0.2) is 15.0 Å². The number of fused-ring (bicyclic) bond motifs is 1. The number of thioether (sulfide) groups is 1. The first-order valence-electron chi connectivity index (χ1n) is 8.03. The van der Waals surface area contributed by atoms with Gasteiger partial charge >= 0.3 is 0 Å². The monoisotopic (exact) mass is 498 g/mol. The molecule has 0 bridgehead atoms. The maximum absolute atomic E-state index is 12.5. The lowest BCUT2D eigenvalue weighted by Gasteiger charge is -2.24. The number of benzene rings is 2. The number of hydrogen-bond acceptors (Lipinski definition) is 4. The Morgan fingerprint density at radius 2 is 1.88 bits per heavy atom. The minimum absolute atomic E-state index is 0.0920. The van der Waals surface area contributed by atoms with Crippen molar-refractivity contribution in [2.24, 2.45) is 4.99 Å². The fraction of sp³-hybridized carbons (Fsp3) is 0.222. The first kappa shape index (κ1) is 18.0. The summed E-state index contributed by atoms with van der Waals surface area (Å²) in [6.45, 7) is 0. The molecule has 2 heterocycles. The lowest BCUT2D eigenvalue weighted by molar-refractivity contribution is 0.100. The Morgan fingerprint density at radius 3 is 2.62 bits per heavy atom. The summed E-state index contributed by atoms with van der Waals surface area (Å²) < 4.78 is 25.2. The lowest BCUT2D eigenvalue weighted by Crippen LogP contribution is -2.37. The van der Waals surface area contributed by atoms with Gasteiger partial charge in [0.2, 0.25) is 0 Å². The number of rotatable bonds is 2. The van der Waals surface area contributed by atoms with Crippen LogP contribution in [0.2, 0.25) is 0 Å². The van der Waals surface area contributed by atoms with Gasteiger partial charge in [0.1, 0.15) is 0 Å². The third-order valence-corrected chi connectivity index (χ3v) is 8.25. The van der Waals surface area contributed by atoms with E-state index in [0.717, 1.165) is 9.26 Å². The highest BCUT2D eigenvalue weighted by Gasteiger charge is 2.49. The van der Waals surface area contributed by atoms with Gasteiger partial charge in [-0.3, -0.25) is 4.79 Å². The molecule has 4 rings (SSSR count). The Labute approximate surface area is 169 Å². The fourth-order valence-corrected chi connectivity index (χ4v) is 7.66. The SMILES string of the molecule is O=C(N=C1S[C@@H]2CS(=O)(=O)C[C@H]2N1c1cccc(I)c1)c1ccccc1. The summed E-state index contributed by atoms with van der Waals surface area (Å²) >= 11 is 3.61. The molecule has 0 unspecified atom stereocenters. The van der Waals surface area contributed by atoms with Gasteiger partial charge in [0, 0.05) is 20.1 Å². The van der Waals surface area contributed by atoms with Gasteiger partial charge in [0.25, 0.3) is 5.91 Å². The molecule has 0 N–H and O–H groups in total. The zero-order chi connectivity index (χ0) is 18.3. The zero-order valence-electron chi connectivity index (χ0n) is 13.6. The van der Waals surface area contributed by atoms with Crippen LogP contribution in [0.4, 0.5) is 5.69 Å². The van der Waals surface area contributed by atoms with Gasteiger partial charge in [0.05, 0.1) is 17.5 Å². The van der Waals surface area contributed by atoms with Crippen LogP contribution in [-0.4, -0.2) is 42.3 Å². The van der Waals surface area contributed by atoms with Crippen LogP contribution in [0.1, 0.15) is 10.4 Å². The Kier molecular flexibility index (Phi) is 4.83. The van der Waals surface area contributed by atoms with E-state index in [1.54, 1.807) is 24.3 Å². The van der Waals surface area contributed by atoms with E-state index in [2.05, 4.69) is 27.6 Å². The molecule has 5 nitrogen and oxygen atoms in total. The number of anilines is 1. The minimum atomic E-state index is -3.06. The first-order valence-corrected chi connectivity index (χ1v) is 11.8. The van der Waals surface area contributed by atoms with Gasteiger partial charge in [-0.25, -0.2) is 8.42 Å². The van der Waals surface area contributed by atoms with E-state index in [9.17, 15) is 13.2 Å². The zero-order valence-corrected chi connectivity index (χ0v) is 17.4. The molecular weight excluding hydrogens is 483 g/mol. The first-order chi connectivity index (χ1) is 12.4. The quantitative estimate of drug-likeness (QED) is 0.596. The van der Waals surface area contributed by atoms with Crippen molar-refractivity contribution in [3.63, 3.8) is 0 Å². The second kappa shape index (κ2) is 6.97. The summed E-state index contributed by atoms with van der Waals surface area (Å²) in [7, 11) is -3.06. The normalized spacial score (nSPS) is 25.4. The van der Waals surface area contributed by atoms with Gasteiger partial charge in [-0.15, -0.1) is 0 Å². The van der Waals surface area contributed by atoms with Gasteiger partial charge < -0.3 is 4.90 Å². The molecule has 0 spiro atoms. The third-order valence-electron chi connectivity index (χ3n) is 4.37. The summed E-state index contributed by atoms with van der Waals surface area (Å²) in [6, 6.07) is 16.5. The molecule has 8 heteroatoms. The van der Waals surface area contributed by atoms with Crippen LogP contribution in [-0.2, 0) is 9.84 Å². The Balaban J connectivity index is 1.74. The number of hydrogen-bond donors (Lipinski definition) is 0. The molecule has 0 radical (unpaired) electrons. The molecule has 134 valence electrons. The summed E-state index contributed by atoms with van der Waals surface area (Å²) in [4.78, 5) is 18.8. The highest BCUT2D eigenvalue weighted by atomic mass is 127. The predicted octanol–water partition coefficient (Wildman–Crippen LogP) is 3.21. The van der Waals surface area contributed by atoms with Crippen LogP contribution in [0.3, 0.4) is 0 Å². The average Bonchev–Trinajstić information content (AvgIpc) is 3.06. The van der Waals surface area contributed by atoms with E-state index in [1.807, 2.05) is 35.2 Å². The largest absolute Gasteiger partial charge is 0.316 e. The van der Waals surface area contributed by atoms with Crippen molar-refractivity contribution in [1.82, 2.24) is 0 Å². The van der Waals surface area contributed by atoms with Gasteiger partial charge in [-0.05, 0) is 52.9 Å². The number of carbonyl (C=O) groups is 1. The Morgan fingerprint density at radius 1 is 1.12 bits per heavy atom. The van der Waals surface area contributed by atoms with Crippen molar-refractivity contribution in [3.8, 4) is 0 Å². The molecule has 2 aliphatic heterocycles. The van der Waals surface area contributed by atoms with E-state index in [-0.39, 0.29) is 28.7 Å². The van der Waals surface area contributed by atoms with Crippen LogP contribution in [0.25, 0.3) is 0 Å². The fourth-order valence-electron chi connectivity index (χ4n) is 3.22. The number of halogens is 1. The number of carbonyl (C=O) groups excluding carboxylic acids is 1. The molecule has 0 aliphatic carbocycles. The molecular formula is C18H15IN2O3S2. The Hall–Kier alpha value is -1.39. The van der Waals surface area contributed by atoms with Crippen LogP contribution < -0.4 is 4.90 Å². The summed E-state index contributed by atoms with van der Waals surface area (Å²) in [6.07, 6.45) is 0. The average molecular weight is 498 g/mol. The van der Waals surface area contributed by atoms with Crippen molar-refractivity contribution in [3.05, 3.63) is 63.7 Å². The molecule has 26 heavy (non-hydrogen) atoms. The highest BCUT2D eigenvalue weighted by molar-refractivity contribution is 14.1. The third kappa shape index (κ3) is 3.54. The second-order valence-corrected chi connectivity index (χ2v) is 10.8. The smallest absolute Gasteiger partial charge is 0.279 e. The summed E-state index contributed by atoms with van der Waals surface area (Å²) in [5, 5.41) is 0.478. The summed E-state index contributed by atoms with van der Waals surface area (Å²) in [5.74, 6) is -0.0951. The molecule has 1 amide bonds. The van der Waals surface area contributed by atoms with E-state index in [4.69, 9.17) is 0 Å². The van der Waals surface area contributed by atoms with E-state index < -0.39 is 9.84 Å². The number of aliphatic imine (C=N–C) groups is 1. The van der Waals surface area contributed by atoms with Crippen molar-refractivity contribution in [2.45, 2.75) is 11.3 Å². The summed E-state index contributed by atoms with van der Waals surface area (Å²) in [5.41, 5.74) is 1.39. The van der Waals surface area contributed by atoms with Crippen molar-refractivity contribution in [1.29, 1.82) is 0 Å². The molecule has 2 aromatic rings. The standard InChI is InChI=1S/C18H15IN2O3S2/c19-13-7-4-8-14(9-13)21-15-10-26(23,24)11-16(15)25-18(21)20-17(22)12-5-2-1-3-6-12/h1-9,15-16H,10-11H2/t15-,16-/m1/s1. The maximum atomic E-state index is 12.5. The highest BCUT2D eigenvalue weighted by Crippen LogP contribution is 2.41. The molecule has 0 saturated carbocycles. The number of nitrogens with zero attached hydrogens (tertiary/aromatic N) is 2. The molecule has 2 saturated heterocycles. The molecule has 2 fully saturated rings. The van der Waals surface area contributed by atoms with Gasteiger partial charge in [-0.2, -0.15) is 4.99 Å². The molecule has 0 aromatic heterocycles. The maximum Gasteiger partial charge on any atom is 0.279 e. The van der Waals surface area contributed by atoms with E-state index >= 15 is 0 Å². The van der Waals surface area contributed by atoms with Crippen molar-refractivity contribution < 1.29 is 13.2 Å². The Bertz CT molecular complexity index is 993. The topological polar surface area (TPSA) is 66.8 Å². The van der Waals surface area contributed by atoms with Crippen LogP contribution in [0.15, 0.2) is 59.6 Å². The molecule has 2 atom stereocenters. The predicted molar refractivity (Wildman–Crippen MR) is 114 cm³/mol. The lowest BCUT2D eigenvalue weighted by atomic mass is 10.2. The minimum Gasteiger partial charge on any atom is -0.316 e. The van der Waals surface area contributed by atoms with E-state index in [1.165, 1.54) is 11.8 Å². The molecule has 2 aromatic carbocycles. The van der Waals surface area contributed by atoms with Crippen molar-refractivity contribution in [2.75, 3.05) is 16.4 Å². The molecule has 2 aliphatic rings. The van der Waals surface area contributed by atoms with Crippen LogP contribution in [0.5, 0.6) is 0 Å². The number of sulfone groups is 1. The van der Waals surface area contributed by atoms with Crippen molar-refractivity contribution >= 4 is 61.0 Å². The second-order valence-electron chi connectivity index (χ2n) is 6.22. The van der Waals surface area contributed by atoms with Crippen LogP contribution >= 0.6 is 34.4 Å². The number of amides is 1.